The number of benzene rings is 2. The first-order valence-electron chi connectivity index (χ1n) is 5.97. The molecule has 0 spiro atoms. The van der Waals surface area contributed by atoms with Gasteiger partial charge in [-0.05, 0) is 29.8 Å². The van der Waals surface area contributed by atoms with Crippen LogP contribution in [0.4, 0.5) is 13.2 Å². The minimum absolute atomic E-state index is 0.0195. The van der Waals surface area contributed by atoms with Gasteiger partial charge in [-0.15, -0.1) is 0 Å². The summed E-state index contributed by atoms with van der Waals surface area (Å²) in [4.78, 5) is -0.481. The molecular formula is C14H12F3NO2S. The van der Waals surface area contributed by atoms with Crippen LogP contribution in [0.2, 0.25) is 0 Å². The number of hydrogen-bond donors (Lipinski definition) is 1. The van der Waals surface area contributed by atoms with Crippen molar-refractivity contribution in [2.75, 3.05) is 0 Å². The lowest BCUT2D eigenvalue weighted by atomic mass is 10.2. The van der Waals surface area contributed by atoms with Crippen molar-refractivity contribution in [2.24, 2.45) is 5.73 Å². The van der Waals surface area contributed by atoms with Gasteiger partial charge >= 0.3 is 6.18 Å². The average molecular weight is 315 g/mol. The number of nitrogens with two attached hydrogens (primary N) is 1. The van der Waals surface area contributed by atoms with Gasteiger partial charge in [-0.3, -0.25) is 0 Å². The van der Waals surface area contributed by atoms with Crippen molar-refractivity contribution < 1.29 is 21.6 Å². The Morgan fingerprint density at radius 2 is 1.67 bits per heavy atom. The van der Waals surface area contributed by atoms with Crippen LogP contribution in [0.5, 0.6) is 0 Å². The van der Waals surface area contributed by atoms with Gasteiger partial charge in [-0.2, -0.15) is 13.2 Å². The minimum Gasteiger partial charge on any atom is -0.326 e. The van der Waals surface area contributed by atoms with Gasteiger partial charge < -0.3 is 5.73 Å². The van der Waals surface area contributed by atoms with Crippen LogP contribution in [0, 0.1) is 0 Å². The third kappa shape index (κ3) is 3.08. The summed E-state index contributed by atoms with van der Waals surface area (Å²) in [6.07, 6.45) is -4.60. The van der Waals surface area contributed by atoms with Gasteiger partial charge in [0.15, 0.2) is 0 Å². The van der Waals surface area contributed by atoms with Crippen LogP contribution in [-0.4, -0.2) is 8.42 Å². The Balaban J connectivity index is 2.60. The molecule has 0 aromatic heterocycles. The molecule has 0 heterocycles. The van der Waals surface area contributed by atoms with E-state index in [9.17, 15) is 21.6 Å². The summed E-state index contributed by atoms with van der Waals surface area (Å²) in [6, 6.07) is 9.64. The summed E-state index contributed by atoms with van der Waals surface area (Å²) in [6.45, 7) is -0.0195. The van der Waals surface area contributed by atoms with Crippen molar-refractivity contribution in [2.45, 2.75) is 22.5 Å². The van der Waals surface area contributed by atoms with Gasteiger partial charge in [-0.1, -0.05) is 24.3 Å². The molecule has 21 heavy (non-hydrogen) atoms. The molecule has 0 aliphatic carbocycles. The van der Waals surface area contributed by atoms with Crippen molar-refractivity contribution in [1.82, 2.24) is 0 Å². The molecule has 0 aliphatic heterocycles. The molecule has 0 saturated heterocycles. The predicted octanol–water partition coefficient (Wildman–Crippen LogP) is 3.00. The van der Waals surface area contributed by atoms with Crippen molar-refractivity contribution in [3.63, 3.8) is 0 Å². The first kappa shape index (κ1) is 15.5. The average Bonchev–Trinajstić information content (AvgIpc) is 2.46. The van der Waals surface area contributed by atoms with Crippen LogP contribution >= 0.6 is 0 Å². The summed E-state index contributed by atoms with van der Waals surface area (Å²) >= 11 is 0. The number of hydrogen-bond acceptors (Lipinski definition) is 3. The standard InChI is InChI=1S/C14H12F3NO2S/c15-14(16,17)11-5-3-6-12(8-11)21(19,20)13-7-2-1-4-10(13)9-18/h1-8H,9,18H2. The summed E-state index contributed by atoms with van der Waals surface area (Å²) in [5.74, 6) is 0. The molecule has 0 unspecified atom stereocenters. The normalized spacial score (nSPS) is 12.4. The van der Waals surface area contributed by atoms with E-state index in [1.165, 1.54) is 18.2 Å². The fraction of sp³-hybridized carbons (Fsp3) is 0.143. The molecule has 2 aromatic rings. The molecule has 0 saturated carbocycles. The minimum atomic E-state index is -4.60. The molecule has 2 aromatic carbocycles. The van der Waals surface area contributed by atoms with Crippen LogP contribution in [-0.2, 0) is 22.6 Å². The maximum Gasteiger partial charge on any atom is 0.416 e. The maximum absolute atomic E-state index is 12.7. The molecule has 112 valence electrons. The summed E-state index contributed by atoms with van der Waals surface area (Å²) < 4.78 is 63.0. The van der Waals surface area contributed by atoms with Crippen LogP contribution in [0.3, 0.4) is 0 Å². The number of rotatable bonds is 3. The molecule has 2 N–H and O–H groups in total. The Hall–Kier alpha value is -1.86. The third-order valence-electron chi connectivity index (χ3n) is 2.95. The lowest BCUT2D eigenvalue weighted by molar-refractivity contribution is -0.137. The van der Waals surface area contributed by atoms with Crippen LogP contribution in [0.15, 0.2) is 58.3 Å². The molecule has 0 aliphatic rings. The van der Waals surface area contributed by atoms with E-state index in [4.69, 9.17) is 5.73 Å². The topological polar surface area (TPSA) is 60.2 Å². The second kappa shape index (κ2) is 5.50. The molecule has 3 nitrogen and oxygen atoms in total. The molecule has 2 rings (SSSR count). The van der Waals surface area contributed by atoms with Gasteiger partial charge in [0.1, 0.15) is 0 Å². The highest BCUT2D eigenvalue weighted by Crippen LogP contribution is 2.32. The van der Waals surface area contributed by atoms with E-state index < -0.39 is 26.5 Å². The van der Waals surface area contributed by atoms with Gasteiger partial charge in [0.05, 0.1) is 15.4 Å². The maximum atomic E-state index is 12.7. The Bertz CT molecular complexity index is 755. The summed E-state index contributed by atoms with van der Waals surface area (Å²) in [5, 5.41) is 0. The van der Waals surface area contributed by atoms with Crippen LogP contribution in [0.1, 0.15) is 11.1 Å². The van der Waals surface area contributed by atoms with E-state index in [0.717, 1.165) is 18.2 Å². The summed E-state index contributed by atoms with van der Waals surface area (Å²) in [5.41, 5.74) is 4.83. The highest BCUT2D eigenvalue weighted by atomic mass is 32.2. The SMILES string of the molecule is NCc1ccccc1S(=O)(=O)c1cccc(C(F)(F)F)c1. The third-order valence-corrected chi connectivity index (χ3v) is 4.81. The van der Waals surface area contributed by atoms with Gasteiger partial charge in [-0.25, -0.2) is 8.42 Å². The number of alkyl halides is 3. The van der Waals surface area contributed by atoms with Crippen LogP contribution in [0.25, 0.3) is 0 Å². The van der Waals surface area contributed by atoms with Gasteiger partial charge in [0, 0.05) is 6.54 Å². The van der Waals surface area contributed by atoms with E-state index in [2.05, 4.69) is 0 Å². The zero-order chi connectivity index (χ0) is 15.7. The molecule has 7 heteroatoms. The second-order valence-electron chi connectivity index (χ2n) is 4.34. The first-order chi connectivity index (χ1) is 9.76. The second-order valence-corrected chi connectivity index (χ2v) is 6.26. The molecule has 0 amide bonds. The van der Waals surface area contributed by atoms with E-state index in [-0.39, 0.29) is 11.4 Å². The predicted molar refractivity (Wildman–Crippen MR) is 71.2 cm³/mol. The Kier molecular flexibility index (Phi) is 4.06. The fourth-order valence-corrected chi connectivity index (χ4v) is 3.45. The molecular weight excluding hydrogens is 303 g/mol. The lowest BCUT2D eigenvalue weighted by Crippen LogP contribution is -2.11. The van der Waals surface area contributed by atoms with E-state index in [1.807, 2.05) is 0 Å². The molecule has 0 atom stereocenters. The zero-order valence-electron chi connectivity index (χ0n) is 10.8. The van der Waals surface area contributed by atoms with Crippen molar-refractivity contribution in [1.29, 1.82) is 0 Å². The largest absolute Gasteiger partial charge is 0.416 e. The highest BCUT2D eigenvalue weighted by Gasteiger charge is 2.32. The number of sulfone groups is 1. The van der Waals surface area contributed by atoms with Crippen molar-refractivity contribution in [3.8, 4) is 0 Å². The molecule has 0 fully saturated rings. The lowest BCUT2D eigenvalue weighted by Gasteiger charge is -2.11. The van der Waals surface area contributed by atoms with Gasteiger partial charge in [0.2, 0.25) is 9.84 Å². The number of halogens is 3. The Morgan fingerprint density at radius 1 is 1.00 bits per heavy atom. The molecule has 0 bridgehead atoms. The van der Waals surface area contributed by atoms with E-state index in [1.54, 1.807) is 6.07 Å². The molecule has 0 radical (unpaired) electrons. The van der Waals surface area contributed by atoms with E-state index in [0.29, 0.717) is 11.6 Å². The van der Waals surface area contributed by atoms with Crippen LogP contribution < -0.4 is 5.73 Å². The Morgan fingerprint density at radius 3 is 2.29 bits per heavy atom. The first-order valence-corrected chi connectivity index (χ1v) is 7.45. The monoisotopic (exact) mass is 315 g/mol. The smallest absolute Gasteiger partial charge is 0.326 e. The Labute approximate surface area is 120 Å². The summed E-state index contributed by atoms with van der Waals surface area (Å²) in [7, 11) is -4.04. The van der Waals surface area contributed by atoms with Crippen molar-refractivity contribution >= 4 is 9.84 Å². The van der Waals surface area contributed by atoms with Gasteiger partial charge in [0.25, 0.3) is 0 Å². The fourth-order valence-electron chi connectivity index (χ4n) is 1.90. The zero-order valence-corrected chi connectivity index (χ0v) is 11.6. The van der Waals surface area contributed by atoms with Crippen molar-refractivity contribution in [3.05, 3.63) is 59.7 Å². The quantitative estimate of drug-likeness (QED) is 0.947. The highest BCUT2D eigenvalue weighted by molar-refractivity contribution is 7.91. The van der Waals surface area contributed by atoms with E-state index >= 15 is 0 Å².